The Morgan fingerprint density at radius 3 is 2.54 bits per heavy atom. The fourth-order valence-electron chi connectivity index (χ4n) is 2.31. The van der Waals surface area contributed by atoms with Gasteiger partial charge in [0.25, 0.3) is 0 Å². The summed E-state index contributed by atoms with van der Waals surface area (Å²) in [6, 6.07) is 7.55. The largest absolute Gasteiger partial charge is 0.491 e. The number of hydrogen-bond acceptors (Lipinski definition) is 4. The zero-order valence-corrected chi connectivity index (χ0v) is 17.1. The van der Waals surface area contributed by atoms with Crippen molar-refractivity contribution in [1.29, 1.82) is 0 Å². The Morgan fingerprint density at radius 1 is 1.19 bits per heavy atom. The fraction of sp³-hybridized carbons (Fsp3) is 0.650. The number of aliphatic hydroxyl groups is 1. The zero-order valence-electron chi connectivity index (χ0n) is 17.1. The number of guanidine groups is 1. The van der Waals surface area contributed by atoms with Crippen LogP contribution in [0.4, 0.5) is 0 Å². The Labute approximate surface area is 158 Å². The number of aliphatic imine (C=N–C) groups is 1. The second-order valence-corrected chi connectivity index (χ2v) is 7.58. The van der Waals surface area contributed by atoms with Gasteiger partial charge in [-0.1, -0.05) is 12.1 Å². The minimum atomic E-state index is -0.672. The summed E-state index contributed by atoms with van der Waals surface area (Å²) in [7, 11) is 0. The second-order valence-electron chi connectivity index (χ2n) is 7.58. The molecule has 0 aromatic heterocycles. The van der Waals surface area contributed by atoms with Crippen LogP contribution in [0, 0.1) is 0 Å². The third kappa shape index (κ3) is 9.63. The highest BCUT2D eigenvalue weighted by Crippen LogP contribution is 2.20. The van der Waals surface area contributed by atoms with Crippen LogP contribution in [0.1, 0.15) is 53.2 Å². The van der Waals surface area contributed by atoms with Crippen molar-refractivity contribution in [2.45, 2.75) is 59.3 Å². The molecule has 0 aliphatic heterocycles. The van der Waals surface area contributed by atoms with Gasteiger partial charge in [0.05, 0.1) is 18.8 Å². The van der Waals surface area contributed by atoms with Crippen molar-refractivity contribution >= 4 is 5.96 Å². The number of nitrogens with zero attached hydrogens (tertiary/aromatic N) is 1. The third-order valence-corrected chi connectivity index (χ3v) is 3.45. The molecule has 1 atom stereocenters. The molecule has 0 fully saturated rings. The van der Waals surface area contributed by atoms with Crippen molar-refractivity contribution in [3.05, 3.63) is 29.8 Å². The Kier molecular flexibility index (Phi) is 9.44. The van der Waals surface area contributed by atoms with Crippen molar-refractivity contribution in [2.75, 3.05) is 26.2 Å². The molecule has 0 saturated heterocycles. The number of ether oxygens (including phenoxy) is 1. The highest BCUT2D eigenvalue weighted by Gasteiger charge is 2.10. The van der Waals surface area contributed by atoms with Crippen molar-refractivity contribution in [3.63, 3.8) is 0 Å². The van der Waals surface area contributed by atoms with Gasteiger partial charge in [-0.3, -0.25) is 4.99 Å². The lowest BCUT2D eigenvalue weighted by Crippen LogP contribution is -2.44. The molecule has 1 rings (SSSR count). The molecule has 0 spiro atoms. The molecule has 1 aromatic rings. The van der Waals surface area contributed by atoms with Crippen LogP contribution in [0.25, 0.3) is 0 Å². The van der Waals surface area contributed by atoms with E-state index in [4.69, 9.17) is 4.74 Å². The molecular weight excluding hydrogens is 328 g/mol. The van der Waals surface area contributed by atoms with E-state index in [0.29, 0.717) is 5.96 Å². The average Bonchev–Trinajstić information content (AvgIpc) is 2.54. The lowest BCUT2D eigenvalue weighted by atomic mass is 10.1. The predicted octanol–water partition coefficient (Wildman–Crippen LogP) is 2.45. The quantitative estimate of drug-likeness (QED) is 0.308. The molecule has 0 aliphatic rings. The number of nitrogens with one attached hydrogen (secondary N) is 3. The van der Waals surface area contributed by atoms with E-state index in [1.165, 1.54) is 0 Å². The van der Waals surface area contributed by atoms with Crippen LogP contribution in [-0.2, 0) is 0 Å². The van der Waals surface area contributed by atoms with Crippen LogP contribution in [0.15, 0.2) is 29.3 Å². The number of rotatable bonds is 9. The van der Waals surface area contributed by atoms with Gasteiger partial charge < -0.3 is 25.8 Å². The van der Waals surface area contributed by atoms with E-state index in [-0.39, 0.29) is 18.2 Å². The van der Waals surface area contributed by atoms with Crippen molar-refractivity contribution in [3.8, 4) is 5.75 Å². The van der Waals surface area contributed by atoms with Gasteiger partial charge in [-0.15, -0.1) is 0 Å². The summed E-state index contributed by atoms with van der Waals surface area (Å²) >= 11 is 0. The maximum absolute atomic E-state index is 10.4. The molecule has 4 N–H and O–H groups in total. The average molecular weight is 365 g/mol. The highest BCUT2D eigenvalue weighted by molar-refractivity contribution is 5.79. The van der Waals surface area contributed by atoms with E-state index in [1.807, 2.05) is 45.0 Å². The summed E-state index contributed by atoms with van der Waals surface area (Å²) in [5.74, 6) is 1.47. The first-order valence-electron chi connectivity index (χ1n) is 9.43. The van der Waals surface area contributed by atoms with Gasteiger partial charge in [-0.25, -0.2) is 0 Å². The first kappa shape index (κ1) is 22.3. The summed E-state index contributed by atoms with van der Waals surface area (Å²) in [6.07, 6.45) is -0.569. The standard InChI is InChI=1S/C20H36N4O2/c1-7-21-19(22-11-12-24-20(4,5)6)23-14-18(25)16-9-8-10-17(13-16)26-15(2)3/h8-10,13,15,18,24-25H,7,11-12,14H2,1-6H3,(H2,21,22,23). The highest BCUT2D eigenvalue weighted by atomic mass is 16.5. The topological polar surface area (TPSA) is 77.9 Å². The van der Waals surface area contributed by atoms with E-state index in [9.17, 15) is 5.11 Å². The van der Waals surface area contributed by atoms with Crippen LogP contribution in [0.3, 0.4) is 0 Å². The van der Waals surface area contributed by atoms with Gasteiger partial charge >= 0.3 is 0 Å². The smallest absolute Gasteiger partial charge is 0.191 e. The summed E-state index contributed by atoms with van der Waals surface area (Å²) in [6.45, 7) is 15.1. The van der Waals surface area contributed by atoms with Crippen LogP contribution in [0.5, 0.6) is 5.75 Å². The normalized spacial score (nSPS) is 13.6. The molecular formula is C20H36N4O2. The van der Waals surface area contributed by atoms with Crippen molar-refractivity contribution < 1.29 is 9.84 Å². The molecule has 0 aliphatic carbocycles. The summed E-state index contributed by atoms with van der Waals surface area (Å²) in [4.78, 5) is 4.49. The van der Waals surface area contributed by atoms with E-state index in [0.717, 1.165) is 30.9 Å². The lowest BCUT2D eigenvalue weighted by molar-refractivity contribution is 0.185. The maximum Gasteiger partial charge on any atom is 0.191 e. The second kappa shape index (κ2) is 11.0. The molecule has 0 radical (unpaired) electrons. The monoisotopic (exact) mass is 364 g/mol. The summed E-state index contributed by atoms with van der Waals surface area (Å²) < 4.78 is 5.68. The Bertz CT molecular complexity index is 553. The van der Waals surface area contributed by atoms with E-state index in [2.05, 4.69) is 41.7 Å². The molecule has 148 valence electrons. The van der Waals surface area contributed by atoms with E-state index >= 15 is 0 Å². The molecule has 0 heterocycles. The lowest BCUT2D eigenvalue weighted by Gasteiger charge is -2.21. The Morgan fingerprint density at radius 2 is 1.92 bits per heavy atom. The zero-order chi connectivity index (χ0) is 19.6. The van der Waals surface area contributed by atoms with Crippen molar-refractivity contribution in [1.82, 2.24) is 16.0 Å². The van der Waals surface area contributed by atoms with Crippen LogP contribution in [0.2, 0.25) is 0 Å². The first-order chi connectivity index (χ1) is 12.2. The van der Waals surface area contributed by atoms with Gasteiger partial charge in [-0.05, 0) is 59.2 Å². The maximum atomic E-state index is 10.4. The molecule has 6 heteroatoms. The van der Waals surface area contributed by atoms with Gasteiger partial charge in [-0.2, -0.15) is 0 Å². The SMILES string of the molecule is CCNC(=NCC(O)c1cccc(OC(C)C)c1)NCCNC(C)(C)C. The van der Waals surface area contributed by atoms with Crippen LogP contribution in [-0.4, -0.2) is 48.9 Å². The van der Waals surface area contributed by atoms with E-state index in [1.54, 1.807) is 0 Å². The van der Waals surface area contributed by atoms with Gasteiger partial charge in [0.2, 0.25) is 0 Å². The number of hydrogen-bond donors (Lipinski definition) is 4. The summed E-state index contributed by atoms with van der Waals surface area (Å²) in [5.41, 5.74) is 0.897. The van der Waals surface area contributed by atoms with E-state index < -0.39 is 6.10 Å². The Hall–Kier alpha value is -1.79. The van der Waals surface area contributed by atoms with Crippen molar-refractivity contribution in [2.24, 2.45) is 4.99 Å². The molecule has 1 unspecified atom stereocenters. The van der Waals surface area contributed by atoms with Gasteiger partial charge in [0, 0.05) is 25.2 Å². The fourth-order valence-corrected chi connectivity index (χ4v) is 2.31. The van der Waals surface area contributed by atoms with Gasteiger partial charge in [0.1, 0.15) is 5.75 Å². The molecule has 1 aromatic carbocycles. The van der Waals surface area contributed by atoms with Gasteiger partial charge in [0.15, 0.2) is 5.96 Å². The van der Waals surface area contributed by atoms with Crippen LogP contribution >= 0.6 is 0 Å². The minimum Gasteiger partial charge on any atom is -0.491 e. The molecule has 6 nitrogen and oxygen atoms in total. The number of benzene rings is 1. The molecule has 0 amide bonds. The predicted molar refractivity (Wildman–Crippen MR) is 109 cm³/mol. The molecule has 26 heavy (non-hydrogen) atoms. The Balaban J connectivity index is 2.59. The summed E-state index contributed by atoms with van der Waals surface area (Å²) in [5, 5.41) is 20.3. The molecule has 0 saturated carbocycles. The number of aliphatic hydroxyl groups excluding tert-OH is 1. The van der Waals surface area contributed by atoms with Crippen LogP contribution < -0.4 is 20.7 Å². The molecule has 0 bridgehead atoms. The third-order valence-electron chi connectivity index (χ3n) is 3.45. The first-order valence-corrected chi connectivity index (χ1v) is 9.43. The minimum absolute atomic E-state index is 0.0937.